The van der Waals surface area contributed by atoms with Crippen LogP contribution in [0.3, 0.4) is 0 Å². The molecule has 0 amide bonds. The third-order valence-corrected chi connectivity index (χ3v) is 5.02. The Morgan fingerprint density at radius 1 is 1.37 bits per heavy atom. The van der Waals surface area contributed by atoms with Crippen molar-refractivity contribution in [3.63, 3.8) is 0 Å². The predicted octanol–water partition coefficient (Wildman–Crippen LogP) is 3.89. The minimum Gasteiger partial charge on any atom is -0.396 e. The predicted molar refractivity (Wildman–Crippen MR) is 127 cm³/mol. The Kier molecular flexibility index (Phi) is 12.1. The van der Waals surface area contributed by atoms with Crippen molar-refractivity contribution in [2.24, 2.45) is 10.9 Å². The van der Waals surface area contributed by atoms with E-state index in [-0.39, 0.29) is 30.6 Å². The molecule has 0 aliphatic carbocycles. The highest BCUT2D eigenvalue weighted by Gasteiger charge is 2.23. The number of hydrogen-bond donors (Lipinski definition) is 3. The number of benzene rings is 1. The third kappa shape index (κ3) is 8.44. The molecule has 1 aromatic rings. The summed E-state index contributed by atoms with van der Waals surface area (Å²) in [6.07, 6.45) is 4.13. The Balaban J connectivity index is 0.00000364. The molecule has 1 heterocycles. The Morgan fingerprint density at radius 3 is 2.85 bits per heavy atom. The second kappa shape index (κ2) is 13.4. The van der Waals surface area contributed by atoms with Gasteiger partial charge in [0.15, 0.2) is 5.96 Å². The molecule has 0 bridgehead atoms. The highest BCUT2D eigenvalue weighted by molar-refractivity contribution is 14.0. The molecule has 0 aromatic heterocycles. The topological polar surface area (TPSA) is 59.9 Å². The van der Waals surface area contributed by atoms with E-state index in [4.69, 9.17) is 16.6 Å². The summed E-state index contributed by atoms with van der Waals surface area (Å²) in [5, 5.41) is 16.9. The lowest BCUT2D eigenvalue weighted by molar-refractivity contribution is 0.253. The first-order chi connectivity index (χ1) is 12.7. The van der Waals surface area contributed by atoms with E-state index in [9.17, 15) is 5.11 Å². The number of anilines is 1. The molecule has 3 N–H and O–H groups in total. The average molecular weight is 509 g/mol. The van der Waals surface area contributed by atoms with E-state index in [1.165, 1.54) is 5.69 Å². The van der Waals surface area contributed by atoms with Gasteiger partial charge in [0.05, 0.1) is 0 Å². The van der Waals surface area contributed by atoms with Gasteiger partial charge in [0.2, 0.25) is 0 Å². The lowest BCUT2D eigenvalue weighted by Crippen LogP contribution is -2.44. The van der Waals surface area contributed by atoms with Gasteiger partial charge in [-0.25, -0.2) is 0 Å². The number of halogens is 2. The van der Waals surface area contributed by atoms with Gasteiger partial charge in [0.25, 0.3) is 0 Å². The summed E-state index contributed by atoms with van der Waals surface area (Å²) in [5.41, 5.74) is 1.18. The van der Waals surface area contributed by atoms with Crippen LogP contribution in [0.4, 0.5) is 5.69 Å². The van der Waals surface area contributed by atoms with Crippen LogP contribution in [0.25, 0.3) is 0 Å². The number of nitrogens with zero attached hydrogens (tertiary/aromatic N) is 2. The molecule has 0 radical (unpaired) electrons. The molecule has 0 saturated carbocycles. The van der Waals surface area contributed by atoms with Crippen molar-refractivity contribution in [3.05, 3.63) is 29.3 Å². The number of hydrogen-bond acceptors (Lipinski definition) is 3. The molecule has 1 saturated heterocycles. The van der Waals surface area contributed by atoms with E-state index in [0.717, 1.165) is 62.8 Å². The van der Waals surface area contributed by atoms with Crippen molar-refractivity contribution >= 4 is 47.2 Å². The molecule has 0 spiro atoms. The number of guanidine groups is 1. The van der Waals surface area contributed by atoms with Crippen LogP contribution >= 0.6 is 35.6 Å². The van der Waals surface area contributed by atoms with E-state index in [1.54, 1.807) is 0 Å². The molecule has 2 atom stereocenters. The van der Waals surface area contributed by atoms with Gasteiger partial charge in [0, 0.05) is 49.5 Å². The van der Waals surface area contributed by atoms with Crippen LogP contribution in [0.1, 0.15) is 39.5 Å². The Morgan fingerprint density at radius 2 is 2.19 bits per heavy atom. The number of nitrogens with one attached hydrogen (secondary N) is 2. The first kappa shape index (κ1) is 24.3. The zero-order chi connectivity index (χ0) is 18.8. The number of rotatable bonds is 9. The Hall–Kier alpha value is -0.730. The highest BCUT2D eigenvalue weighted by atomic mass is 127. The van der Waals surface area contributed by atoms with Gasteiger partial charge < -0.3 is 20.6 Å². The number of aliphatic imine (C=N–C) groups is 1. The molecule has 1 aliphatic heterocycles. The normalized spacial score (nSPS) is 18.1. The smallest absolute Gasteiger partial charge is 0.191 e. The largest absolute Gasteiger partial charge is 0.396 e. The van der Waals surface area contributed by atoms with E-state index < -0.39 is 0 Å². The molecule has 7 heteroatoms. The molecule has 27 heavy (non-hydrogen) atoms. The fourth-order valence-electron chi connectivity index (χ4n) is 3.44. The SMILES string of the molecule is CCCC(CCO)CN=C(NCC)NC1CCN(c2cccc(Cl)c2)C1.I. The third-order valence-electron chi connectivity index (χ3n) is 4.79. The summed E-state index contributed by atoms with van der Waals surface area (Å²) >= 11 is 6.12. The minimum absolute atomic E-state index is 0. The fourth-order valence-corrected chi connectivity index (χ4v) is 3.62. The lowest BCUT2D eigenvalue weighted by Gasteiger charge is -2.21. The zero-order valence-corrected chi connectivity index (χ0v) is 19.5. The van der Waals surface area contributed by atoms with E-state index >= 15 is 0 Å². The number of aliphatic hydroxyl groups excluding tert-OH is 1. The van der Waals surface area contributed by atoms with Crippen LogP contribution in [0, 0.1) is 5.92 Å². The maximum Gasteiger partial charge on any atom is 0.191 e. The molecular formula is C20H34ClIN4O. The summed E-state index contributed by atoms with van der Waals surface area (Å²) in [7, 11) is 0. The maximum atomic E-state index is 9.22. The summed E-state index contributed by atoms with van der Waals surface area (Å²) in [6, 6.07) is 8.41. The highest BCUT2D eigenvalue weighted by Crippen LogP contribution is 2.23. The second-order valence-corrected chi connectivity index (χ2v) is 7.38. The van der Waals surface area contributed by atoms with Gasteiger partial charge >= 0.3 is 0 Å². The Labute approximate surface area is 186 Å². The standard InChI is InChI=1S/C20H33ClN4O.HI/c1-3-6-16(10-12-26)14-23-20(22-4-2)24-18-9-11-25(15-18)19-8-5-7-17(21)13-19;/h5,7-8,13,16,18,26H,3-4,6,9-12,14-15H2,1-2H3,(H2,22,23,24);1H. The van der Waals surface area contributed by atoms with E-state index in [2.05, 4.69) is 35.4 Å². The van der Waals surface area contributed by atoms with E-state index in [0.29, 0.717) is 12.0 Å². The van der Waals surface area contributed by atoms with Crippen molar-refractivity contribution in [2.45, 2.75) is 45.6 Å². The monoisotopic (exact) mass is 508 g/mol. The summed E-state index contributed by atoms with van der Waals surface area (Å²) < 4.78 is 0. The van der Waals surface area contributed by atoms with Crippen LogP contribution < -0.4 is 15.5 Å². The van der Waals surface area contributed by atoms with Crippen molar-refractivity contribution in [1.82, 2.24) is 10.6 Å². The van der Waals surface area contributed by atoms with Crippen LogP contribution in [0.2, 0.25) is 5.02 Å². The first-order valence-electron chi connectivity index (χ1n) is 9.82. The van der Waals surface area contributed by atoms with E-state index in [1.807, 2.05) is 18.2 Å². The minimum atomic E-state index is 0. The molecule has 154 valence electrons. The summed E-state index contributed by atoms with van der Waals surface area (Å²) in [4.78, 5) is 7.13. The molecule has 1 aliphatic rings. The molecule has 2 unspecified atom stereocenters. The molecule has 2 rings (SSSR count). The molecule has 1 aromatic carbocycles. The molecule has 1 fully saturated rings. The van der Waals surface area contributed by atoms with Crippen molar-refractivity contribution in [1.29, 1.82) is 0 Å². The maximum absolute atomic E-state index is 9.22. The lowest BCUT2D eigenvalue weighted by atomic mass is 10.0. The second-order valence-electron chi connectivity index (χ2n) is 6.94. The summed E-state index contributed by atoms with van der Waals surface area (Å²) in [5.74, 6) is 1.33. The van der Waals surface area contributed by atoms with Gasteiger partial charge in [-0.3, -0.25) is 4.99 Å². The fraction of sp³-hybridized carbons (Fsp3) is 0.650. The van der Waals surface area contributed by atoms with Crippen LogP contribution in [0.5, 0.6) is 0 Å². The average Bonchev–Trinajstić information content (AvgIpc) is 3.09. The van der Waals surface area contributed by atoms with Crippen molar-refractivity contribution in [3.8, 4) is 0 Å². The first-order valence-corrected chi connectivity index (χ1v) is 10.2. The van der Waals surface area contributed by atoms with Gasteiger partial charge in [-0.15, -0.1) is 24.0 Å². The van der Waals surface area contributed by atoms with Crippen molar-refractivity contribution < 1.29 is 5.11 Å². The van der Waals surface area contributed by atoms with Gasteiger partial charge in [-0.2, -0.15) is 0 Å². The van der Waals surface area contributed by atoms with Gasteiger partial charge in [-0.05, 0) is 50.3 Å². The Bertz CT molecular complexity index is 567. The van der Waals surface area contributed by atoms with Gasteiger partial charge in [0.1, 0.15) is 0 Å². The zero-order valence-electron chi connectivity index (χ0n) is 16.5. The van der Waals surface area contributed by atoms with Crippen LogP contribution in [0.15, 0.2) is 29.3 Å². The van der Waals surface area contributed by atoms with Crippen molar-refractivity contribution in [2.75, 3.05) is 37.7 Å². The number of aliphatic hydroxyl groups is 1. The quantitative estimate of drug-likeness (QED) is 0.269. The van der Waals surface area contributed by atoms with Crippen LogP contribution in [-0.2, 0) is 0 Å². The molecular weight excluding hydrogens is 475 g/mol. The molecule has 5 nitrogen and oxygen atoms in total. The van der Waals surface area contributed by atoms with Gasteiger partial charge in [-0.1, -0.05) is 31.0 Å². The van der Waals surface area contributed by atoms with Crippen LogP contribution in [-0.4, -0.2) is 49.9 Å². The summed E-state index contributed by atoms with van der Waals surface area (Å²) in [6.45, 7) is 8.06.